The van der Waals surface area contributed by atoms with Gasteiger partial charge in [0.05, 0.1) is 12.5 Å². The zero-order valence-electron chi connectivity index (χ0n) is 4.00. The van der Waals surface area contributed by atoms with Crippen molar-refractivity contribution in [2.45, 2.75) is 6.10 Å². The second kappa shape index (κ2) is 2.77. The minimum Gasteiger partial charge on any atom is -0.266 e. The Morgan fingerprint density at radius 3 is 2.88 bits per heavy atom. The standard InChI is InChI=1S/C3H5ClO3S/c4-1-3-2-6-8(5)7-3/h3H,1-2H2/t3-,8-/m1/s1. The van der Waals surface area contributed by atoms with Crippen LogP contribution in [0.3, 0.4) is 0 Å². The Labute approximate surface area is 54.8 Å². The predicted octanol–water partition coefficient (Wildman–Crippen LogP) is 0.219. The van der Waals surface area contributed by atoms with Gasteiger partial charge in [-0.05, 0) is 0 Å². The van der Waals surface area contributed by atoms with E-state index in [4.69, 9.17) is 11.6 Å². The molecule has 0 unspecified atom stereocenters. The normalized spacial score (nSPS) is 38.1. The third-order valence-corrected chi connectivity index (χ3v) is 1.84. The quantitative estimate of drug-likeness (QED) is 0.510. The second-order valence-electron chi connectivity index (χ2n) is 1.36. The van der Waals surface area contributed by atoms with Gasteiger partial charge >= 0.3 is 11.4 Å². The molecule has 2 atom stereocenters. The summed E-state index contributed by atoms with van der Waals surface area (Å²) in [6, 6.07) is 0. The fraction of sp³-hybridized carbons (Fsp3) is 1.00. The summed E-state index contributed by atoms with van der Waals surface area (Å²) in [4.78, 5) is 0. The number of hydrogen-bond acceptors (Lipinski definition) is 3. The van der Waals surface area contributed by atoms with Crippen LogP contribution in [0.15, 0.2) is 0 Å². The third-order valence-electron chi connectivity index (χ3n) is 0.737. The van der Waals surface area contributed by atoms with Crippen LogP contribution in [-0.2, 0) is 19.7 Å². The molecule has 0 bridgehead atoms. The summed E-state index contributed by atoms with van der Waals surface area (Å²) in [5.74, 6) is 0.339. The molecule has 3 nitrogen and oxygen atoms in total. The maximum Gasteiger partial charge on any atom is 0.305 e. The van der Waals surface area contributed by atoms with Crippen LogP contribution in [0.2, 0.25) is 0 Å². The van der Waals surface area contributed by atoms with Crippen LogP contribution >= 0.6 is 11.6 Å². The highest BCUT2D eigenvalue weighted by molar-refractivity contribution is 7.75. The van der Waals surface area contributed by atoms with E-state index in [1.54, 1.807) is 0 Å². The van der Waals surface area contributed by atoms with Gasteiger partial charge in [-0.1, -0.05) is 0 Å². The van der Waals surface area contributed by atoms with Crippen LogP contribution in [0.25, 0.3) is 0 Å². The fourth-order valence-corrected chi connectivity index (χ4v) is 1.26. The first-order valence-electron chi connectivity index (χ1n) is 2.11. The summed E-state index contributed by atoms with van der Waals surface area (Å²) in [5, 5.41) is 0. The molecule has 0 aromatic rings. The van der Waals surface area contributed by atoms with Gasteiger partial charge in [0.25, 0.3) is 0 Å². The van der Waals surface area contributed by atoms with Crippen LogP contribution < -0.4 is 0 Å². The van der Waals surface area contributed by atoms with Crippen molar-refractivity contribution in [3.05, 3.63) is 0 Å². The zero-order valence-corrected chi connectivity index (χ0v) is 5.57. The fourth-order valence-electron chi connectivity index (χ4n) is 0.368. The minimum atomic E-state index is -1.54. The molecule has 0 saturated carbocycles. The maximum atomic E-state index is 10.2. The van der Waals surface area contributed by atoms with E-state index in [2.05, 4.69) is 8.37 Å². The van der Waals surface area contributed by atoms with E-state index in [9.17, 15) is 4.21 Å². The Kier molecular flexibility index (Phi) is 2.25. The lowest BCUT2D eigenvalue weighted by atomic mass is 10.5. The van der Waals surface area contributed by atoms with Gasteiger partial charge in [0.2, 0.25) is 0 Å². The van der Waals surface area contributed by atoms with Crippen LogP contribution in [0.4, 0.5) is 0 Å². The van der Waals surface area contributed by atoms with Gasteiger partial charge in [-0.2, -0.15) is 4.21 Å². The van der Waals surface area contributed by atoms with Gasteiger partial charge in [0.15, 0.2) is 0 Å². The summed E-state index contributed by atoms with van der Waals surface area (Å²) in [6.45, 7) is 0.343. The first-order valence-corrected chi connectivity index (χ1v) is 3.64. The van der Waals surface area contributed by atoms with Crippen LogP contribution in [0, 0.1) is 0 Å². The van der Waals surface area contributed by atoms with Crippen molar-refractivity contribution in [1.29, 1.82) is 0 Å². The lowest BCUT2D eigenvalue weighted by molar-refractivity contribution is 0.265. The van der Waals surface area contributed by atoms with Crippen molar-refractivity contribution >= 4 is 23.0 Å². The Balaban J connectivity index is 2.32. The highest BCUT2D eigenvalue weighted by atomic mass is 35.5. The summed E-state index contributed by atoms with van der Waals surface area (Å²) in [7, 11) is 0. The highest BCUT2D eigenvalue weighted by Crippen LogP contribution is 2.08. The Bertz CT molecular complexity index is 107. The van der Waals surface area contributed by atoms with Crippen molar-refractivity contribution in [2.75, 3.05) is 12.5 Å². The predicted molar refractivity (Wildman–Crippen MR) is 29.7 cm³/mol. The zero-order chi connectivity index (χ0) is 5.98. The summed E-state index contributed by atoms with van der Waals surface area (Å²) in [5.41, 5.74) is 0. The van der Waals surface area contributed by atoms with Gasteiger partial charge in [-0.15, -0.1) is 11.6 Å². The van der Waals surface area contributed by atoms with Gasteiger partial charge in [-0.25, -0.2) is 0 Å². The molecule has 1 aliphatic heterocycles. The molecule has 1 aliphatic rings. The SMILES string of the molecule is O=[S@@]1OC[C@@H](CCl)O1. The maximum absolute atomic E-state index is 10.2. The monoisotopic (exact) mass is 156 g/mol. The number of alkyl halides is 1. The lowest BCUT2D eigenvalue weighted by Crippen LogP contribution is -2.09. The molecule has 1 saturated heterocycles. The Morgan fingerprint density at radius 2 is 2.62 bits per heavy atom. The molecule has 0 spiro atoms. The van der Waals surface area contributed by atoms with E-state index in [0.29, 0.717) is 12.5 Å². The van der Waals surface area contributed by atoms with E-state index < -0.39 is 11.4 Å². The van der Waals surface area contributed by atoms with E-state index in [-0.39, 0.29) is 6.10 Å². The van der Waals surface area contributed by atoms with Gasteiger partial charge in [0.1, 0.15) is 6.10 Å². The molecular formula is C3H5ClO3S. The molecular weight excluding hydrogens is 152 g/mol. The molecule has 0 aliphatic carbocycles. The van der Waals surface area contributed by atoms with Crippen LogP contribution in [-0.4, -0.2) is 22.8 Å². The highest BCUT2D eigenvalue weighted by Gasteiger charge is 2.21. The summed E-state index contributed by atoms with van der Waals surface area (Å²) < 4.78 is 19.4. The van der Waals surface area contributed by atoms with E-state index >= 15 is 0 Å². The average molecular weight is 157 g/mol. The third kappa shape index (κ3) is 1.42. The van der Waals surface area contributed by atoms with Gasteiger partial charge in [-0.3, -0.25) is 8.37 Å². The number of rotatable bonds is 1. The lowest BCUT2D eigenvalue weighted by Gasteiger charge is -1.94. The molecule has 48 valence electrons. The smallest absolute Gasteiger partial charge is 0.266 e. The van der Waals surface area contributed by atoms with Crippen LogP contribution in [0.5, 0.6) is 0 Å². The van der Waals surface area contributed by atoms with E-state index in [0.717, 1.165) is 0 Å². The van der Waals surface area contributed by atoms with E-state index in [1.807, 2.05) is 0 Å². The summed E-state index contributed by atoms with van der Waals surface area (Å²) >= 11 is 3.80. The Morgan fingerprint density at radius 1 is 1.88 bits per heavy atom. The van der Waals surface area contributed by atoms with Crippen molar-refractivity contribution in [3.8, 4) is 0 Å². The van der Waals surface area contributed by atoms with E-state index in [1.165, 1.54) is 0 Å². The molecule has 1 heterocycles. The van der Waals surface area contributed by atoms with Crippen molar-refractivity contribution in [1.82, 2.24) is 0 Å². The molecule has 0 amide bonds. The molecule has 0 aromatic heterocycles. The van der Waals surface area contributed by atoms with Crippen molar-refractivity contribution < 1.29 is 12.6 Å². The minimum absolute atomic E-state index is 0.183. The molecule has 1 rings (SSSR count). The van der Waals surface area contributed by atoms with Gasteiger partial charge in [0, 0.05) is 0 Å². The molecule has 0 N–H and O–H groups in total. The molecule has 5 heteroatoms. The van der Waals surface area contributed by atoms with Crippen molar-refractivity contribution in [3.63, 3.8) is 0 Å². The van der Waals surface area contributed by atoms with Crippen molar-refractivity contribution in [2.24, 2.45) is 0 Å². The average Bonchev–Trinajstić information content (AvgIpc) is 2.14. The Hall–Kier alpha value is 0.360. The first kappa shape index (κ1) is 6.48. The molecule has 0 aromatic carbocycles. The second-order valence-corrected chi connectivity index (χ2v) is 2.51. The largest absolute Gasteiger partial charge is 0.305 e. The first-order chi connectivity index (χ1) is 3.83. The number of halogens is 1. The molecule has 8 heavy (non-hydrogen) atoms. The van der Waals surface area contributed by atoms with Crippen LogP contribution in [0.1, 0.15) is 0 Å². The van der Waals surface area contributed by atoms with Gasteiger partial charge < -0.3 is 0 Å². The molecule has 1 fully saturated rings. The number of hydrogen-bond donors (Lipinski definition) is 0. The topological polar surface area (TPSA) is 35.5 Å². The summed E-state index contributed by atoms with van der Waals surface area (Å²) in [6.07, 6.45) is -0.183. The molecule has 0 radical (unpaired) electrons.